The average Bonchev–Trinajstić information content (AvgIpc) is 2.58. The quantitative estimate of drug-likeness (QED) is 0.652. The normalized spacial score (nSPS) is 11.2. The Kier molecular flexibility index (Phi) is 5.86. The van der Waals surface area contributed by atoms with E-state index in [0.717, 1.165) is 17.7 Å². The zero-order chi connectivity index (χ0) is 16.7. The van der Waals surface area contributed by atoms with Crippen molar-refractivity contribution in [2.45, 2.75) is 20.3 Å². The van der Waals surface area contributed by atoms with Gasteiger partial charge in [0.2, 0.25) is 0 Å². The minimum atomic E-state index is -0.383. The first-order valence-electron chi connectivity index (χ1n) is 7.43. The van der Waals surface area contributed by atoms with Gasteiger partial charge in [-0.3, -0.25) is 4.79 Å². The number of ether oxygens (including phenoxy) is 1. The van der Waals surface area contributed by atoms with Crippen molar-refractivity contribution < 1.29 is 13.9 Å². The molecular weight excluding hydrogens is 295 g/mol. The van der Waals surface area contributed by atoms with E-state index in [1.165, 1.54) is 24.3 Å². The van der Waals surface area contributed by atoms with E-state index in [1.807, 2.05) is 24.3 Å². The maximum atomic E-state index is 12.8. The first-order valence-corrected chi connectivity index (χ1v) is 7.43. The molecule has 0 aliphatic heterocycles. The summed E-state index contributed by atoms with van der Waals surface area (Å²) >= 11 is 0. The molecular formula is C18H19FN2O2. The number of hydrazone groups is 1. The highest BCUT2D eigenvalue weighted by molar-refractivity contribution is 6.00. The fraction of sp³-hybridized carbons (Fsp3) is 0.222. The summed E-state index contributed by atoms with van der Waals surface area (Å²) in [6.07, 6.45) is 0.956. The smallest absolute Gasteiger partial charge is 0.271 e. The molecule has 0 aliphatic rings. The van der Waals surface area contributed by atoms with Crippen LogP contribution in [-0.4, -0.2) is 18.2 Å². The Labute approximate surface area is 135 Å². The number of carbonyl (C=O) groups is 1. The highest BCUT2D eigenvalue weighted by Crippen LogP contribution is 2.13. The number of carbonyl (C=O) groups excluding carboxylic acids is 1. The number of amides is 1. The summed E-state index contributed by atoms with van der Waals surface area (Å²) in [5.74, 6) is 0.0395. The third-order valence-corrected chi connectivity index (χ3v) is 3.18. The van der Waals surface area contributed by atoms with Crippen LogP contribution in [0.3, 0.4) is 0 Å². The van der Waals surface area contributed by atoms with Crippen molar-refractivity contribution in [3.63, 3.8) is 0 Å². The summed E-state index contributed by atoms with van der Waals surface area (Å²) < 4.78 is 18.3. The van der Waals surface area contributed by atoms with E-state index >= 15 is 0 Å². The molecule has 120 valence electrons. The van der Waals surface area contributed by atoms with Gasteiger partial charge in [-0.2, -0.15) is 5.10 Å². The molecule has 4 nitrogen and oxygen atoms in total. The average molecular weight is 314 g/mol. The van der Waals surface area contributed by atoms with Crippen LogP contribution in [0.25, 0.3) is 0 Å². The van der Waals surface area contributed by atoms with Crippen molar-refractivity contribution in [1.29, 1.82) is 0 Å². The molecule has 0 radical (unpaired) electrons. The van der Waals surface area contributed by atoms with E-state index in [9.17, 15) is 9.18 Å². The molecule has 0 saturated carbocycles. The topological polar surface area (TPSA) is 50.7 Å². The molecule has 0 atom stereocenters. The predicted molar refractivity (Wildman–Crippen MR) is 88.3 cm³/mol. The lowest BCUT2D eigenvalue weighted by molar-refractivity contribution is 0.0955. The molecule has 23 heavy (non-hydrogen) atoms. The van der Waals surface area contributed by atoms with Gasteiger partial charge in [0.1, 0.15) is 11.6 Å². The van der Waals surface area contributed by atoms with Gasteiger partial charge in [0, 0.05) is 5.56 Å². The monoisotopic (exact) mass is 314 g/mol. The van der Waals surface area contributed by atoms with Crippen molar-refractivity contribution in [1.82, 2.24) is 5.43 Å². The molecule has 5 heteroatoms. The Hall–Kier alpha value is -2.69. The van der Waals surface area contributed by atoms with E-state index in [2.05, 4.69) is 17.5 Å². The summed E-state index contributed by atoms with van der Waals surface area (Å²) in [6, 6.07) is 12.8. The Morgan fingerprint density at radius 3 is 2.30 bits per heavy atom. The van der Waals surface area contributed by atoms with Crippen LogP contribution in [0.2, 0.25) is 0 Å². The van der Waals surface area contributed by atoms with Gasteiger partial charge in [0.25, 0.3) is 5.91 Å². The number of hydrogen-bond acceptors (Lipinski definition) is 3. The van der Waals surface area contributed by atoms with Crippen LogP contribution in [0.1, 0.15) is 36.2 Å². The van der Waals surface area contributed by atoms with E-state index in [0.29, 0.717) is 17.9 Å². The molecule has 0 saturated heterocycles. The Balaban J connectivity index is 1.99. The van der Waals surface area contributed by atoms with Gasteiger partial charge in [0.15, 0.2) is 0 Å². The van der Waals surface area contributed by atoms with E-state index < -0.39 is 0 Å². The summed E-state index contributed by atoms with van der Waals surface area (Å²) in [5, 5.41) is 4.07. The standard InChI is InChI=1S/C18H19FN2O2/c1-3-12-23-17-10-6-14(7-11-17)13(2)20-21-18(22)15-4-8-16(19)9-5-15/h4-11H,3,12H2,1-2H3,(H,21,22)/b20-13-. The highest BCUT2D eigenvalue weighted by Gasteiger charge is 2.05. The fourth-order valence-electron chi connectivity index (χ4n) is 1.88. The van der Waals surface area contributed by atoms with Crippen LogP contribution in [-0.2, 0) is 0 Å². The van der Waals surface area contributed by atoms with Gasteiger partial charge in [0.05, 0.1) is 12.3 Å². The van der Waals surface area contributed by atoms with Gasteiger partial charge in [-0.15, -0.1) is 0 Å². The third-order valence-electron chi connectivity index (χ3n) is 3.18. The minimum Gasteiger partial charge on any atom is -0.494 e. The van der Waals surface area contributed by atoms with Gasteiger partial charge in [-0.1, -0.05) is 6.92 Å². The van der Waals surface area contributed by atoms with Gasteiger partial charge >= 0.3 is 0 Å². The molecule has 0 bridgehead atoms. The molecule has 0 fully saturated rings. The summed E-state index contributed by atoms with van der Waals surface area (Å²) in [6.45, 7) is 4.53. The molecule has 2 aromatic carbocycles. The summed E-state index contributed by atoms with van der Waals surface area (Å²) in [4.78, 5) is 11.9. The van der Waals surface area contributed by atoms with Gasteiger partial charge in [-0.25, -0.2) is 9.82 Å². The van der Waals surface area contributed by atoms with Gasteiger partial charge < -0.3 is 4.74 Å². The minimum absolute atomic E-state index is 0.353. The number of rotatable bonds is 6. The maximum absolute atomic E-state index is 12.8. The molecule has 0 spiro atoms. The second-order valence-corrected chi connectivity index (χ2v) is 5.02. The lowest BCUT2D eigenvalue weighted by Crippen LogP contribution is -2.19. The number of nitrogens with zero attached hydrogens (tertiary/aromatic N) is 1. The van der Waals surface area contributed by atoms with Crippen LogP contribution in [0.5, 0.6) is 5.75 Å². The van der Waals surface area contributed by atoms with Crippen molar-refractivity contribution in [3.8, 4) is 5.75 Å². The Bertz CT molecular complexity index is 679. The van der Waals surface area contributed by atoms with Crippen LogP contribution >= 0.6 is 0 Å². The summed E-state index contributed by atoms with van der Waals surface area (Å²) in [5.41, 5.74) is 4.37. The highest BCUT2D eigenvalue weighted by atomic mass is 19.1. The molecule has 0 heterocycles. The van der Waals surface area contributed by atoms with Crippen LogP contribution in [0.15, 0.2) is 53.6 Å². The zero-order valence-corrected chi connectivity index (χ0v) is 13.2. The Morgan fingerprint density at radius 2 is 1.70 bits per heavy atom. The molecule has 1 amide bonds. The second-order valence-electron chi connectivity index (χ2n) is 5.02. The van der Waals surface area contributed by atoms with Crippen molar-refractivity contribution in [2.24, 2.45) is 5.10 Å². The number of hydrogen-bond donors (Lipinski definition) is 1. The molecule has 0 aliphatic carbocycles. The molecule has 1 N–H and O–H groups in total. The van der Waals surface area contributed by atoms with Crippen molar-refractivity contribution in [2.75, 3.05) is 6.61 Å². The molecule has 2 aromatic rings. The first kappa shape index (κ1) is 16.7. The number of halogens is 1. The second kappa shape index (κ2) is 8.08. The van der Waals surface area contributed by atoms with Crippen molar-refractivity contribution in [3.05, 3.63) is 65.5 Å². The third kappa shape index (κ3) is 4.92. The van der Waals surface area contributed by atoms with Crippen LogP contribution < -0.4 is 10.2 Å². The number of benzene rings is 2. The molecule has 0 aromatic heterocycles. The fourth-order valence-corrected chi connectivity index (χ4v) is 1.88. The van der Waals surface area contributed by atoms with Crippen molar-refractivity contribution >= 4 is 11.6 Å². The van der Waals surface area contributed by atoms with Gasteiger partial charge in [-0.05, 0) is 67.4 Å². The van der Waals surface area contributed by atoms with E-state index in [4.69, 9.17) is 4.74 Å². The molecule has 0 unspecified atom stereocenters. The SMILES string of the molecule is CCCOc1ccc(/C(C)=N\NC(=O)c2ccc(F)cc2)cc1. The summed E-state index contributed by atoms with van der Waals surface area (Å²) in [7, 11) is 0. The van der Waals surface area contributed by atoms with Crippen LogP contribution in [0.4, 0.5) is 4.39 Å². The van der Waals surface area contributed by atoms with E-state index in [-0.39, 0.29) is 11.7 Å². The zero-order valence-electron chi connectivity index (χ0n) is 13.2. The predicted octanol–water partition coefficient (Wildman–Crippen LogP) is 3.77. The lowest BCUT2D eigenvalue weighted by atomic mass is 10.1. The maximum Gasteiger partial charge on any atom is 0.271 e. The van der Waals surface area contributed by atoms with Crippen LogP contribution in [0, 0.1) is 5.82 Å². The Morgan fingerprint density at radius 1 is 1.09 bits per heavy atom. The molecule has 2 rings (SSSR count). The number of nitrogens with one attached hydrogen (secondary N) is 1. The van der Waals surface area contributed by atoms with E-state index in [1.54, 1.807) is 6.92 Å². The first-order chi connectivity index (χ1) is 11.1. The lowest BCUT2D eigenvalue weighted by Gasteiger charge is -2.06. The largest absolute Gasteiger partial charge is 0.494 e.